The summed E-state index contributed by atoms with van der Waals surface area (Å²) in [6.07, 6.45) is 1.09. The van der Waals surface area contributed by atoms with Crippen LogP contribution in [0.15, 0.2) is 0 Å². The smallest absolute Gasteiger partial charge is 0.148 e. The quantitative estimate of drug-likeness (QED) is 0.629. The Bertz CT molecular complexity index is 199. The van der Waals surface area contributed by atoms with Gasteiger partial charge in [-0.3, -0.25) is 9.59 Å². The largest absolute Gasteiger partial charge is 0.299 e. The van der Waals surface area contributed by atoms with Crippen molar-refractivity contribution in [3.63, 3.8) is 0 Å². The predicted molar refractivity (Wildman–Crippen MR) is 53.5 cm³/mol. The summed E-state index contributed by atoms with van der Waals surface area (Å²) in [6, 6.07) is 0. The van der Waals surface area contributed by atoms with E-state index in [1.54, 1.807) is 6.92 Å². The molecule has 0 spiro atoms. The third kappa shape index (κ3) is 3.29. The van der Waals surface area contributed by atoms with Gasteiger partial charge >= 0.3 is 0 Å². The average molecular weight is 184 g/mol. The van der Waals surface area contributed by atoms with E-state index in [0.717, 1.165) is 0 Å². The molecule has 0 amide bonds. The van der Waals surface area contributed by atoms with Crippen molar-refractivity contribution in [2.24, 2.45) is 11.3 Å². The first-order valence-electron chi connectivity index (χ1n) is 4.91. The topological polar surface area (TPSA) is 34.1 Å². The summed E-state index contributed by atoms with van der Waals surface area (Å²) in [7, 11) is 0. The zero-order chi connectivity index (χ0) is 10.6. The molecule has 0 N–H and O–H groups in total. The van der Waals surface area contributed by atoms with Crippen molar-refractivity contribution >= 4 is 11.6 Å². The summed E-state index contributed by atoms with van der Waals surface area (Å²) in [4.78, 5) is 23.2. The molecule has 0 saturated carbocycles. The van der Waals surface area contributed by atoms with E-state index in [9.17, 15) is 9.59 Å². The minimum atomic E-state index is -0.397. The molecule has 0 aliphatic rings. The van der Waals surface area contributed by atoms with Crippen molar-refractivity contribution in [1.82, 2.24) is 0 Å². The third-order valence-corrected chi connectivity index (χ3v) is 2.20. The maximum absolute atomic E-state index is 11.8. The van der Waals surface area contributed by atoms with E-state index in [1.807, 2.05) is 27.7 Å². The Kier molecular flexibility index (Phi) is 4.31. The van der Waals surface area contributed by atoms with E-state index < -0.39 is 5.41 Å². The fourth-order valence-corrected chi connectivity index (χ4v) is 1.33. The first-order chi connectivity index (χ1) is 5.84. The lowest BCUT2D eigenvalue weighted by atomic mass is 9.79. The number of hydrogen-bond acceptors (Lipinski definition) is 2. The van der Waals surface area contributed by atoms with Crippen LogP contribution in [0.25, 0.3) is 0 Å². The van der Waals surface area contributed by atoms with Gasteiger partial charge in [-0.15, -0.1) is 0 Å². The van der Waals surface area contributed by atoms with Gasteiger partial charge in [-0.2, -0.15) is 0 Å². The Hall–Kier alpha value is -0.660. The van der Waals surface area contributed by atoms with Gasteiger partial charge < -0.3 is 0 Å². The normalized spacial score (nSPS) is 13.9. The molecule has 1 unspecified atom stereocenters. The zero-order valence-electron chi connectivity index (χ0n) is 9.31. The van der Waals surface area contributed by atoms with Crippen LogP contribution in [0.1, 0.15) is 47.5 Å². The van der Waals surface area contributed by atoms with Crippen LogP contribution in [0.2, 0.25) is 0 Å². The van der Waals surface area contributed by atoms with Crippen molar-refractivity contribution in [3.8, 4) is 0 Å². The average Bonchev–Trinajstić information content (AvgIpc) is 2.03. The molecule has 13 heavy (non-hydrogen) atoms. The molecule has 0 rings (SSSR count). The highest BCUT2D eigenvalue weighted by molar-refractivity contribution is 6.04. The van der Waals surface area contributed by atoms with Crippen molar-refractivity contribution in [1.29, 1.82) is 0 Å². The van der Waals surface area contributed by atoms with Crippen molar-refractivity contribution in [2.75, 3.05) is 0 Å². The van der Waals surface area contributed by atoms with Gasteiger partial charge in [0.25, 0.3) is 0 Å². The van der Waals surface area contributed by atoms with Crippen LogP contribution in [0.5, 0.6) is 0 Å². The summed E-state index contributed by atoms with van der Waals surface area (Å²) in [5.41, 5.74) is -0.397. The highest BCUT2D eigenvalue weighted by Gasteiger charge is 2.31. The summed E-state index contributed by atoms with van der Waals surface area (Å²) in [6.45, 7) is 9.28. The van der Waals surface area contributed by atoms with Gasteiger partial charge in [0.1, 0.15) is 11.6 Å². The molecule has 1 atom stereocenters. The number of carbonyl (C=O) groups is 2. The molecule has 0 bridgehead atoms. The molecular formula is C11H20O2. The highest BCUT2D eigenvalue weighted by atomic mass is 16.2. The number of hydrogen-bond donors (Lipinski definition) is 0. The van der Waals surface area contributed by atoms with Gasteiger partial charge in [-0.05, 0) is 6.42 Å². The zero-order valence-corrected chi connectivity index (χ0v) is 9.31. The maximum Gasteiger partial charge on any atom is 0.148 e. The fourth-order valence-electron chi connectivity index (χ4n) is 1.33. The van der Waals surface area contributed by atoms with E-state index in [1.165, 1.54) is 0 Å². The molecule has 0 radical (unpaired) electrons. The molecule has 0 heterocycles. The lowest BCUT2D eigenvalue weighted by Gasteiger charge is -2.22. The standard InChI is InChI=1S/C11H20O2/c1-6-8(9(12)7-2)10(13)11(3,4)5/h8H,6-7H2,1-5H3. The summed E-state index contributed by atoms with van der Waals surface area (Å²) in [5, 5.41) is 0. The van der Waals surface area contributed by atoms with E-state index in [-0.39, 0.29) is 17.5 Å². The summed E-state index contributed by atoms with van der Waals surface area (Å²) < 4.78 is 0. The van der Waals surface area contributed by atoms with E-state index in [4.69, 9.17) is 0 Å². The van der Waals surface area contributed by atoms with Crippen LogP contribution in [0, 0.1) is 11.3 Å². The molecule has 76 valence electrons. The van der Waals surface area contributed by atoms with Crippen LogP contribution in [-0.4, -0.2) is 11.6 Å². The number of Topliss-reactive ketones (excluding diaryl/α,β-unsaturated/α-hetero) is 2. The molecule has 0 aromatic rings. The maximum atomic E-state index is 11.8. The second kappa shape index (κ2) is 4.54. The van der Waals surface area contributed by atoms with Gasteiger partial charge in [-0.25, -0.2) is 0 Å². The van der Waals surface area contributed by atoms with E-state index in [0.29, 0.717) is 12.8 Å². The lowest BCUT2D eigenvalue weighted by molar-refractivity contribution is -0.137. The van der Waals surface area contributed by atoms with Gasteiger partial charge in [0.05, 0.1) is 5.92 Å². The molecule has 0 aromatic carbocycles. The number of carbonyl (C=O) groups excluding carboxylic acids is 2. The van der Waals surface area contributed by atoms with Crippen LogP contribution >= 0.6 is 0 Å². The second-order valence-corrected chi connectivity index (χ2v) is 4.39. The second-order valence-electron chi connectivity index (χ2n) is 4.39. The Labute approximate surface area is 80.7 Å². The Morgan fingerprint density at radius 3 is 1.85 bits per heavy atom. The van der Waals surface area contributed by atoms with Crippen LogP contribution in [-0.2, 0) is 9.59 Å². The summed E-state index contributed by atoms with van der Waals surface area (Å²) in [5.74, 6) is -0.241. The van der Waals surface area contributed by atoms with Gasteiger partial charge in [-0.1, -0.05) is 34.6 Å². The van der Waals surface area contributed by atoms with Crippen LogP contribution < -0.4 is 0 Å². The molecule has 0 fully saturated rings. The van der Waals surface area contributed by atoms with Crippen LogP contribution in [0.3, 0.4) is 0 Å². The number of rotatable bonds is 4. The molecular weight excluding hydrogens is 164 g/mol. The van der Waals surface area contributed by atoms with E-state index >= 15 is 0 Å². The predicted octanol–water partition coefficient (Wildman–Crippen LogP) is 2.61. The third-order valence-electron chi connectivity index (χ3n) is 2.20. The first kappa shape index (κ1) is 12.3. The van der Waals surface area contributed by atoms with Gasteiger partial charge in [0, 0.05) is 11.8 Å². The fraction of sp³-hybridized carbons (Fsp3) is 0.818. The van der Waals surface area contributed by atoms with Gasteiger partial charge in [0.15, 0.2) is 0 Å². The van der Waals surface area contributed by atoms with Crippen molar-refractivity contribution in [3.05, 3.63) is 0 Å². The number of ketones is 2. The highest BCUT2D eigenvalue weighted by Crippen LogP contribution is 2.23. The summed E-state index contributed by atoms with van der Waals surface area (Å²) >= 11 is 0. The SMILES string of the molecule is CCC(=O)C(CC)C(=O)C(C)(C)C. The molecule has 0 aliphatic heterocycles. The van der Waals surface area contributed by atoms with Gasteiger partial charge in [0.2, 0.25) is 0 Å². The molecule has 0 aromatic heterocycles. The Balaban J connectivity index is 4.60. The Morgan fingerprint density at radius 1 is 1.15 bits per heavy atom. The van der Waals surface area contributed by atoms with E-state index in [2.05, 4.69) is 0 Å². The minimum Gasteiger partial charge on any atom is -0.299 e. The van der Waals surface area contributed by atoms with Crippen molar-refractivity contribution < 1.29 is 9.59 Å². The monoisotopic (exact) mass is 184 g/mol. The minimum absolute atomic E-state index is 0.0712. The Morgan fingerprint density at radius 2 is 1.62 bits per heavy atom. The van der Waals surface area contributed by atoms with Crippen LogP contribution in [0.4, 0.5) is 0 Å². The molecule has 2 heteroatoms. The molecule has 0 saturated heterocycles. The molecule has 0 aliphatic carbocycles. The molecule has 2 nitrogen and oxygen atoms in total. The lowest BCUT2D eigenvalue weighted by Crippen LogP contribution is -2.32. The van der Waals surface area contributed by atoms with Crippen molar-refractivity contribution in [2.45, 2.75) is 47.5 Å². The first-order valence-corrected chi connectivity index (χ1v) is 4.91.